The predicted molar refractivity (Wildman–Crippen MR) is 97.2 cm³/mol. The van der Waals surface area contributed by atoms with Gasteiger partial charge in [0.15, 0.2) is 0 Å². The lowest BCUT2D eigenvalue weighted by Gasteiger charge is -2.42. The molecule has 2 amide bonds. The molecular formula is C18H25N3O4S. The third-order valence-electron chi connectivity index (χ3n) is 5.26. The number of sulfonamides is 1. The summed E-state index contributed by atoms with van der Waals surface area (Å²) in [5, 5.41) is 0. The zero-order valence-corrected chi connectivity index (χ0v) is 16.3. The van der Waals surface area contributed by atoms with Gasteiger partial charge in [-0.1, -0.05) is 13.8 Å². The van der Waals surface area contributed by atoms with Crippen LogP contribution in [0, 0.1) is 5.41 Å². The Morgan fingerprint density at radius 1 is 1.31 bits per heavy atom. The Balaban J connectivity index is 1.95. The molecule has 1 aromatic rings. The lowest BCUT2D eigenvalue weighted by molar-refractivity contribution is 0.0532. The van der Waals surface area contributed by atoms with Crippen molar-refractivity contribution in [1.29, 1.82) is 0 Å². The van der Waals surface area contributed by atoms with Crippen LogP contribution in [-0.4, -0.2) is 54.6 Å². The van der Waals surface area contributed by atoms with Crippen LogP contribution in [0.15, 0.2) is 23.1 Å². The maximum Gasteiger partial charge on any atom is 0.269 e. The van der Waals surface area contributed by atoms with Crippen LogP contribution in [0.25, 0.3) is 0 Å². The summed E-state index contributed by atoms with van der Waals surface area (Å²) in [5.41, 5.74) is 6.31. The van der Waals surface area contributed by atoms with Crippen molar-refractivity contribution < 1.29 is 18.0 Å². The number of piperidine rings is 1. The van der Waals surface area contributed by atoms with Gasteiger partial charge < -0.3 is 10.6 Å². The molecule has 1 fully saturated rings. The number of carbonyl (C=O) groups excluding carboxylic acids is 2. The van der Waals surface area contributed by atoms with Gasteiger partial charge in [0.05, 0.1) is 5.56 Å². The maximum absolute atomic E-state index is 12.9. The van der Waals surface area contributed by atoms with Gasteiger partial charge in [-0.2, -0.15) is 0 Å². The van der Waals surface area contributed by atoms with Crippen LogP contribution < -0.4 is 5.73 Å². The Morgan fingerprint density at radius 3 is 2.54 bits per heavy atom. The Labute approximate surface area is 154 Å². The van der Waals surface area contributed by atoms with Gasteiger partial charge in [0.25, 0.3) is 21.8 Å². The quantitative estimate of drug-likeness (QED) is 0.838. The number of benzene rings is 1. The highest BCUT2D eigenvalue weighted by Crippen LogP contribution is 2.34. The summed E-state index contributed by atoms with van der Waals surface area (Å²) in [7, 11) is -3.92. The minimum Gasteiger partial charge on any atom is -0.338 e. The van der Waals surface area contributed by atoms with E-state index in [1.807, 2.05) is 13.8 Å². The van der Waals surface area contributed by atoms with Crippen LogP contribution in [0.2, 0.25) is 0 Å². The van der Waals surface area contributed by atoms with Crippen LogP contribution in [0.4, 0.5) is 0 Å². The van der Waals surface area contributed by atoms with E-state index >= 15 is 0 Å². The number of nitrogens with zero attached hydrogens (tertiary/aromatic N) is 2. The summed E-state index contributed by atoms with van der Waals surface area (Å²) in [6, 6.07) is 3.83. The molecule has 0 spiro atoms. The first-order valence-corrected chi connectivity index (χ1v) is 10.2. The zero-order chi connectivity index (χ0) is 19.4. The van der Waals surface area contributed by atoms with Gasteiger partial charge in [0.1, 0.15) is 4.90 Å². The smallest absolute Gasteiger partial charge is 0.269 e. The van der Waals surface area contributed by atoms with Gasteiger partial charge in [-0.05, 0) is 43.9 Å². The van der Waals surface area contributed by atoms with Crippen molar-refractivity contribution in [3.8, 4) is 0 Å². The first-order chi connectivity index (χ1) is 12.0. The summed E-state index contributed by atoms with van der Waals surface area (Å²) >= 11 is 0. The molecule has 0 aliphatic carbocycles. The molecule has 2 N–H and O–H groups in total. The van der Waals surface area contributed by atoms with Crippen molar-refractivity contribution in [1.82, 2.24) is 9.21 Å². The van der Waals surface area contributed by atoms with Crippen molar-refractivity contribution in [2.75, 3.05) is 13.1 Å². The van der Waals surface area contributed by atoms with Gasteiger partial charge in [0, 0.05) is 30.7 Å². The molecule has 2 aliphatic heterocycles. The van der Waals surface area contributed by atoms with E-state index in [9.17, 15) is 18.0 Å². The van der Waals surface area contributed by atoms with Gasteiger partial charge in [-0.25, -0.2) is 12.7 Å². The Morgan fingerprint density at radius 2 is 1.96 bits per heavy atom. The molecule has 1 atom stereocenters. The third kappa shape index (κ3) is 2.81. The van der Waals surface area contributed by atoms with E-state index in [0.29, 0.717) is 19.5 Å². The molecule has 0 aromatic heterocycles. The number of carbonyl (C=O) groups is 2. The van der Waals surface area contributed by atoms with Crippen LogP contribution in [0.5, 0.6) is 0 Å². The molecular weight excluding hydrogens is 354 g/mol. The molecule has 2 aliphatic rings. The zero-order valence-electron chi connectivity index (χ0n) is 15.5. The number of hydrogen-bond acceptors (Lipinski definition) is 5. The SMILES string of the molecule is CC(C)N1C(=O)c2ccc(C(=O)N3CCC(N)C(C)(C)C3)cc2S1(=O)=O. The highest BCUT2D eigenvalue weighted by atomic mass is 32.2. The Hall–Kier alpha value is -1.93. The fourth-order valence-electron chi connectivity index (χ4n) is 3.62. The lowest BCUT2D eigenvalue weighted by Crippen LogP contribution is -2.54. The highest BCUT2D eigenvalue weighted by Gasteiger charge is 2.43. The average molecular weight is 379 g/mol. The van der Waals surface area contributed by atoms with E-state index in [-0.39, 0.29) is 33.4 Å². The molecule has 7 nitrogen and oxygen atoms in total. The summed E-state index contributed by atoms with van der Waals surface area (Å²) in [4.78, 5) is 26.9. The number of rotatable bonds is 2. The number of likely N-dealkylation sites (tertiary alicyclic amines) is 1. The minimum absolute atomic E-state index is 0.0177. The fourth-order valence-corrected chi connectivity index (χ4v) is 5.41. The van der Waals surface area contributed by atoms with Gasteiger partial charge in [-0.15, -0.1) is 0 Å². The molecule has 142 valence electrons. The topological polar surface area (TPSA) is 101 Å². The molecule has 1 aromatic carbocycles. The van der Waals surface area contributed by atoms with E-state index in [1.165, 1.54) is 18.2 Å². The monoisotopic (exact) mass is 379 g/mol. The molecule has 0 bridgehead atoms. The van der Waals surface area contributed by atoms with Crippen LogP contribution >= 0.6 is 0 Å². The number of fused-ring (bicyclic) bond motifs is 1. The molecule has 1 unspecified atom stereocenters. The normalized spacial score (nSPS) is 24.1. The van der Waals surface area contributed by atoms with Crippen molar-refractivity contribution >= 4 is 21.8 Å². The maximum atomic E-state index is 12.9. The standard InChI is InChI=1S/C18H25N3O4S/c1-11(2)21-17(23)13-6-5-12(9-14(13)26(21,24)25)16(22)20-8-7-15(19)18(3,4)10-20/h5-6,9,11,15H,7-8,10,19H2,1-4H3. The van der Waals surface area contributed by atoms with Crippen molar-refractivity contribution in [3.05, 3.63) is 29.3 Å². The molecule has 2 heterocycles. The minimum atomic E-state index is -3.92. The molecule has 0 saturated carbocycles. The summed E-state index contributed by atoms with van der Waals surface area (Å²) in [6.07, 6.45) is 0.696. The molecule has 1 saturated heterocycles. The van der Waals surface area contributed by atoms with Crippen LogP contribution in [0.1, 0.15) is 54.8 Å². The van der Waals surface area contributed by atoms with E-state index in [4.69, 9.17) is 5.73 Å². The Kier molecular flexibility index (Phi) is 4.39. The van der Waals surface area contributed by atoms with E-state index in [1.54, 1.807) is 18.7 Å². The van der Waals surface area contributed by atoms with E-state index in [0.717, 1.165) is 4.31 Å². The number of nitrogens with two attached hydrogens (primary N) is 1. The Bertz CT molecular complexity index is 876. The summed E-state index contributed by atoms with van der Waals surface area (Å²) < 4.78 is 26.3. The van der Waals surface area contributed by atoms with Gasteiger partial charge in [0.2, 0.25) is 0 Å². The number of amides is 2. The van der Waals surface area contributed by atoms with Crippen LogP contribution in [0.3, 0.4) is 0 Å². The first kappa shape index (κ1) is 18.8. The average Bonchev–Trinajstić information content (AvgIpc) is 2.75. The largest absolute Gasteiger partial charge is 0.338 e. The number of hydrogen-bond donors (Lipinski definition) is 1. The molecule has 0 radical (unpaired) electrons. The second-order valence-corrected chi connectivity index (χ2v) is 9.80. The highest BCUT2D eigenvalue weighted by molar-refractivity contribution is 7.90. The predicted octanol–water partition coefficient (Wildman–Crippen LogP) is 1.44. The summed E-state index contributed by atoms with van der Waals surface area (Å²) in [6.45, 7) is 8.37. The van der Waals surface area contributed by atoms with Gasteiger partial charge >= 0.3 is 0 Å². The molecule has 3 rings (SSSR count). The second kappa shape index (κ2) is 6.06. The lowest BCUT2D eigenvalue weighted by atomic mass is 9.79. The van der Waals surface area contributed by atoms with E-state index in [2.05, 4.69) is 0 Å². The molecule has 8 heteroatoms. The van der Waals surface area contributed by atoms with Crippen LogP contribution in [-0.2, 0) is 10.0 Å². The van der Waals surface area contributed by atoms with Crippen molar-refractivity contribution in [3.63, 3.8) is 0 Å². The first-order valence-electron chi connectivity index (χ1n) is 8.74. The molecule has 26 heavy (non-hydrogen) atoms. The van der Waals surface area contributed by atoms with Crippen molar-refractivity contribution in [2.45, 2.75) is 51.1 Å². The second-order valence-electron chi connectivity index (χ2n) is 8.02. The third-order valence-corrected chi connectivity index (χ3v) is 7.26. The van der Waals surface area contributed by atoms with E-state index < -0.39 is 22.0 Å². The summed E-state index contributed by atoms with van der Waals surface area (Å²) in [5.74, 6) is -0.780. The fraction of sp³-hybridized carbons (Fsp3) is 0.556. The van der Waals surface area contributed by atoms with Crippen molar-refractivity contribution in [2.24, 2.45) is 11.1 Å². The van der Waals surface area contributed by atoms with Gasteiger partial charge in [-0.3, -0.25) is 9.59 Å².